The molecule has 0 aliphatic heterocycles. The molecule has 0 rings (SSSR count). The van der Waals surface area contributed by atoms with E-state index in [9.17, 15) is 4.91 Å². The van der Waals surface area contributed by atoms with Gasteiger partial charge in [-0.05, 0) is 12.2 Å². The second-order valence-electron chi connectivity index (χ2n) is 1.39. The molecule has 0 fully saturated rings. The monoisotopic (exact) mass is 268 g/mol. The van der Waals surface area contributed by atoms with Crippen LogP contribution in [0.5, 0.6) is 0 Å². The van der Waals surface area contributed by atoms with E-state index in [0.29, 0.717) is 0 Å². The van der Waals surface area contributed by atoms with E-state index in [2.05, 4.69) is 22.8 Å². The first kappa shape index (κ1) is 13.1. The van der Waals surface area contributed by atoms with E-state index in [0.717, 1.165) is 0 Å². The quantitative estimate of drug-likeness (QED) is 0.371. The Labute approximate surface area is 82.3 Å². The maximum atomic E-state index is 10.3. The SMILES string of the molecule is C=CCO[N+](=O)OCC=C.[SnH4]. The molecule has 0 radical (unpaired) electrons. The van der Waals surface area contributed by atoms with Crippen LogP contribution in [0.1, 0.15) is 0 Å². The van der Waals surface area contributed by atoms with Crippen LogP contribution in [0.25, 0.3) is 0 Å². The first-order chi connectivity index (χ1) is 4.81. The van der Waals surface area contributed by atoms with Crippen molar-refractivity contribution in [1.29, 1.82) is 0 Å². The summed E-state index contributed by atoms with van der Waals surface area (Å²) in [6.07, 6.45) is 2.89. The Bertz CT molecular complexity index is 124. The molecular weight excluding hydrogens is 253 g/mol. The first-order valence-electron chi connectivity index (χ1n) is 2.76. The zero-order valence-corrected chi connectivity index (χ0v) is 5.66. The van der Waals surface area contributed by atoms with Crippen molar-refractivity contribution in [1.82, 2.24) is 0 Å². The molecule has 0 aromatic rings. The molecular formula is C6H14NO3Sn+. The fourth-order valence-electron chi connectivity index (χ4n) is 0.264. The number of hydrogen-bond donors (Lipinski definition) is 0. The van der Waals surface area contributed by atoms with Crippen LogP contribution >= 0.6 is 0 Å². The number of hydrogen-bond acceptors (Lipinski definition) is 3. The summed E-state index contributed by atoms with van der Waals surface area (Å²) in [7, 11) is 0. The second kappa shape index (κ2) is 9.48. The van der Waals surface area contributed by atoms with E-state index < -0.39 is 0 Å². The maximum absolute atomic E-state index is 10.3. The van der Waals surface area contributed by atoms with Gasteiger partial charge in [-0.2, -0.15) is 9.68 Å². The van der Waals surface area contributed by atoms with Gasteiger partial charge >= 0.3 is 29.0 Å². The summed E-state index contributed by atoms with van der Waals surface area (Å²) in [6, 6.07) is 0. The molecule has 0 aliphatic rings. The summed E-state index contributed by atoms with van der Waals surface area (Å²) in [5, 5.41) is 0.0311. The van der Waals surface area contributed by atoms with Gasteiger partial charge in [0, 0.05) is 0 Å². The third-order valence-electron chi connectivity index (χ3n) is 0.596. The van der Waals surface area contributed by atoms with Gasteiger partial charge in [-0.25, -0.2) is 0 Å². The summed E-state index contributed by atoms with van der Waals surface area (Å²) in [5.74, 6) is 0. The predicted molar refractivity (Wildman–Crippen MR) is 47.3 cm³/mol. The number of rotatable bonds is 6. The summed E-state index contributed by atoms with van der Waals surface area (Å²) in [5.41, 5.74) is 0. The predicted octanol–water partition coefficient (Wildman–Crippen LogP) is -0.451. The van der Waals surface area contributed by atoms with Crippen LogP contribution in [0.4, 0.5) is 0 Å². The van der Waals surface area contributed by atoms with Crippen molar-refractivity contribution in [2.45, 2.75) is 0 Å². The van der Waals surface area contributed by atoms with Crippen LogP contribution in [0.15, 0.2) is 25.3 Å². The van der Waals surface area contributed by atoms with E-state index in [1.165, 1.54) is 12.2 Å². The normalized spacial score (nSPS) is 7.27. The van der Waals surface area contributed by atoms with Crippen molar-refractivity contribution < 1.29 is 14.8 Å². The van der Waals surface area contributed by atoms with Gasteiger partial charge in [0.05, 0.1) is 0 Å². The zero-order chi connectivity index (χ0) is 7.82. The number of nitrogens with zero attached hydrogens (tertiary/aromatic N) is 1. The topological polar surface area (TPSA) is 38.5 Å². The molecule has 4 nitrogen and oxygen atoms in total. The van der Waals surface area contributed by atoms with E-state index >= 15 is 0 Å². The molecule has 0 saturated carbocycles. The van der Waals surface area contributed by atoms with Gasteiger partial charge in [0.15, 0.2) is 13.2 Å². The second-order valence-corrected chi connectivity index (χ2v) is 1.39. The van der Waals surface area contributed by atoms with Crippen molar-refractivity contribution >= 4 is 23.9 Å². The van der Waals surface area contributed by atoms with E-state index in [4.69, 9.17) is 0 Å². The molecule has 0 atom stereocenters. The molecule has 0 amide bonds. The summed E-state index contributed by atoms with van der Waals surface area (Å²) >= 11 is 0. The molecule has 0 spiro atoms. The van der Waals surface area contributed by atoms with Crippen LogP contribution in [0.3, 0.4) is 0 Å². The standard InChI is InChI=1S/C6H10NO3.Sn.4H/c1-3-5-9-7(8)10-6-4-2;;;;;/h3-4H,1-2,5-6H2;;;;;/q+1;;;;;. The Morgan fingerprint density at radius 1 is 1.18 bits per heavy atom. The molecule has 0 heterocycles. The Morgan fingerprint density at radius 2 is 1.55 bits per heavy atom. The van der Waals surface area contributed by atoms with Crippen molar-refractivity contribution in [3.05, 3.63) is 30.2 Å². The van der Waals surface area contributed by atoms with Crippen LogP contribution in [0, 0.1) is 4.91 Å². The molecule has 0 aromatic heterocycles. The van der Waals surface area contributed by atoms with Crippen molar-refractivity contribution in [2.75, 3.05) is 13.2 Å². The van der Waals surface area contributed by atoms with Crippen LogP contribution in [0.2, 0.25) is 0 Å². The van der Waals surface area contributed by atoms with Gasteiger partial charge in [0.1, 0.15) is 4.91 Å². The summed E-state index contributed by atoms with van der Waals surface area (Å²) in [4.78, 5) is 19.1. The van der Waals surface area contributed by atoms with Crippen LogP contribution < -0.4 is 0 Å². The molecule has 0 aromatic carbocycles. The Balaban J connectivity index is 0. The van der Waals surface area contributed by atoms with Gasteiger partial charge in [-0.15, -0.1) is 0 Å². The summed E-state index contributed by atoms with van der Waals surface area (Å²) in [6.45, 7) is 6.97. The fraction of sp³-hybridized carbons (Fsp3) is 0.333. The van der Waals surface area contributed by atoms with Gasteiger partial charge in [-0.3, -0.25) is 0 Å². The first-order valence-corrected chi connectivity index (χ1v) is 2.76. The molecule has 11 heavy (non-hydrogen) atoms. The molecule has 5 heteroatoms. The molecule has 0 saturated heterocycles. The van der Waals surface area contributed by atoms with E-state index in [1.54, 1.807) is 0 Å². The van der Waals surface area contributed by atoms with Gasteiger partial charge in [0.25, 0.3) is 0 Å². The Morgan fingerprint density at radius 3 is 1.82 bits per heavy atom. The molecule has 64 valence electrons. The third-order valence-corrected chi connectivity index (χ3v) is 0.596. The van der Waals surface area contributed by atoms with Crippen molar-refractivity contribution in [3.63, 3.8) is 0 Å². The van der Waals surface area contributed by atoms with Gasteiger partial charge in [-0.1, -0.05) is 13.2 Å². The fourth-order valence-corrected chi connectivity index (χ4v) is 0.264. The summed E-state index contributed by atoms with van der Waals surface area (Å²) < 4.78 is 0. The van der Waals surface area contributed by atoms with Crippen molar-refractivity contribution in [2.24, 2.45) is 0 Å². The molecule has 0 aliphatic carbocycles. The third kappa shape index (κ3) is 9.48. The van der Waals surface area contributed by atoms with Gasteiger partial charge in [0.2, 0.25) is 0 Å². The molecule has 0 N–H and O–H groups in total. The average Bonchev–Trinajstić information content (AvgIpc) is 1.97. The Hall–Kier alpha value is -0.521. The van der Waals surface area contributed by atoms with E-state index in [1.807, 2.05) is 0 Å². The minimum atomic E-state index is 0. The zero-order valence-electron chi connectivity index (χ0n) is 5.66. The van der Waals surface area contributed by atoms with Crippen LogP contribution in [-0.2, 0) is 9.68 Å². The Kier molecular flexibility index (Phi) is 11.3. The van der Waals surface area contributed by atoms with Crippen molar-refractivity contribution in [3.8, 4) is 0 Å². The van der Waals surface area contributed by atoms with E-state index in [-0.39, 0.29) is 42.2 Å². The molecule has 0 bridgehead atoms. The average molecular weight is 267 g/mol. The van der Waals surface area contributed by atoms with Crippen LogP contribution in [-0.4, -0.2) is 42.2 Å². The molecule has 0 unspecified atom stereocenters. The van der Waals surface area contributed by atoms with Gasteiger partial charge < -0.3 is 0 Å². The minimum absolute atomic E-state index is 0.